The maximum atomic E-state index is 12.4. The molecule has 2 amide bonds. The van der Waals surface area contributed by atoms with E-state index < -0.39 is 0 Å². The molecule has 1 unspecified atom stereocenters. The fourth-order valence-electron chi connectivity index (χ4n) is 2.81. The van der Waals surface area contributed by atoms with Crippen LogP contribution in [0.3, 0.4) is 0 Å². The van der Waals surface area contributed by atoms with E-state index >= 15 is 0 Å². The number of carbonyl (C=O) groups excluding carboxylic acids is 2. The van der Waals surface area contributed by atoms with Crippen LogP contribution in [-0.4, -0.2) is 43.4 Å². The van der Waals surface area contributed by atoms with Crippen LogP contribution in [0.2, 0.25) is 0 Å². The van der Waals surface area contributed by atoms with Crippen molar-refractivity contribution in [1.29, 1.82) is 0 Å². The molecular formula is C18H27N3O2. The highest BCUT2D eigenvalue weighted by Crippen LogP contribution is 2.14. The number of carbonyl (C=O) groups is 2. The molecule has 1 atom stereocenters. The molecule has 23 heavy (non-hydrogen) atoms. The van der Waals surface area contributed by atoms with E-state index in [1.54, 1.807) is 0 Å². The van der Waals surface area contributed by atoms with Gasteiger partial charge in [-0.2, -0.15) is 0 Å². The summed E-state index contributed by atoms with van der Waals surface area (Å²) in [5, 5.41) is 5.92. The maximum Gasteiger partial charge on any atom is 0.253 e. The number of hydrogen-bond donors (Lipinski definition) is 2. The summed E-state index contributed by atoms with van der Waals surface area (Å²) < 4.78 is 0. The number of nitrogens with zero attached hydrogens (tertiary/aromatic N) is 1. The Kier molecular flexibility index (Phi) is 6.59. The first-order chi connectivity index (χ1) is 11.1. The van der Waals surface area contributed by atoms with Crippen LogP contribution in [0.4, 0.5) is 0 Å². The summed E-state index contributed by atoms with van der Waals surface area (Å²) in [6.45, 7) is 4.77. The lowest BCUT2D eigenvalue weighted by Gasteiger charge is -2.26. The van der Waals surface area contributed by atoms with Gasteiger partial charge in [0, 0.05) is 37.7 Å². The molecule has 0 spiro atoms. The minimum atomic E-state index is -0.0556. The summed E-state index contributed by atoms with van der Waals surface area (Å²) in [6, 6.07) is 7.55. The van der Waals surface area contributed by atoms with Crippen molar-refractivity contribution in [3.63, 3.8) is 0 Å². The third-order valence-corrected chi connectivity index (χ3v) is 4.27. The molecule has 2 N–H and O–H groups in total. The Morgan fingerprint density at radius 2 is 1.78 bits per heavy atom. The first-order valence-electron chi connectivity index (χ1n) is 8.42. The molecule has 1 heterocycles. The van der Waals surface area contributed by atoms with Crippen LogP contribution in [0.1, 0.15) is 42.1 Å². The van der Waals surface area contributed by atoms with Crippen LogP contribution >= 0.6 is 0 Å². The highest BCUT2D eigenvalue weighted by molar-refractivity contribution is 5.94. The van der Waals surface area contributed by atoms with Crippen molar-refractivity contribution in [3.8, 4) is 0 Å². The number of hydrogen-bond acceptors (Lipinski definition) is 3. The Morgan fingerprint density at radius 3 is 2.39 bits per heavy atom. The number of benzene rings is 1. The van der Waals surface area contributed by atoms with Crippen molar-refractivity contribution in [2.75, 3.05) is 26.7 Å². The van der Waals surface area contributed by atoms with E-state index in [1.165, 1.54) is 6.42 Å². The Labute approximate surface area is 138 Å². The standard InChI is InChI=1S/C18H27N3O2/c1-14(12-19-2)17(22)20-13-15-6-8-16(9-7-15)18(23)21-10-4-3-5-11-21/h6-9,14,19H,3-5,10-13H2,1-2H3,(H,20,22). The predicted octanol–water partition coefficient (Wildman–Crippen LogP) is 1.78. The molecule has 0 radical (unpaired) electrons. The van der Waals surface area contributed by atoms with Gasteiger partial charge < -0.3 is 15.5 Å². The van der Waals surface area contributed by atoms with Gasteiger partial charge in [-0.05, 0) is 44.0 Å². The van der Waals surface area contributed by atoms with Crippen molar-refractivity contribution >= 4 is 11.8 Å². The zero-order valence-corrected chi connectivity index (χ0v) is 14.1. The smallest absolute Gasteiger partial charge is 0.253 e. The molecule has 126 valence electrons. The Hall–Kier alpha value is -1.88. The lowest BCUT2D eigenvalue weighted by Crippen LogP contribution is -2.35. The number of nitrogens with one attached hydrogen (secondary N) is 2. The summed E-state index contributed by atoms with van der Waals surface area (Å²) in [5.74, 6) is 0.0932. The topological polar surface area (TPSA) is 61.4 Å². The minimum Gasteiger partial charge on any atom is -0.352 e. The van der Waals surface area contributed by atoms with Crippen molar-refractivity contribution < 1.29 is 9.59 Å². The lowest BCUT2D eigenvalue weighted by atomic mass is 10.1. The quantitative estimate of drug-likeness (QED) is 0.841. The molecule has 1 fully saturated rings. The first kappa shape index (κ1) is 17.5. The van der Waals surface area contributed by atoms with Gasteiger partial charge in [-0.3, -0.25) is 9.59 Å². The molecule has 1 aliphatic rings. The molecule has 5 nitrogen and oxygen atoms in total. The lowest BCUT2D eigenvalue weighted by molar-refractivity contribution is -0.124. The second kappa shape index (κ2) is 8.67. The summed E-state index contributed by atoms with van der Waals surface area (Å²) in [4.78, 5) is 26.2. The molecule has 1 aromatic carbocycles. The minimum absolute atomic E-state index is 0.0350. The third-order valence-electron chi connectivity index (χ3n) is 4.27. The Morgan fingerprint density at radius 1 is 1.13 bits per heavy atom. The molecule has 0 saturated carbocycles. The van der Waals surface area contributed by atoms with Gasteiger partial charge in [0.2, 0.25) is 5.91 Å². The van der Waals surface area contributed by atoms with E-state index in [1.807, 2.05) is 43.1 Å². The summed E-state index contributed by atoms with van der Waals surface area (Å²) in [7, 11) is 1.84. The zero-order chi connectivity index (χ0) is 16.7. The summed E-state index contributed by atoms with van der Waals surface area (Å²) in [6.07, 6.45) is 3.41. The fraction of sp³-hybridized carbons (Fsp3) is 0.556. The monoisotopic (exact) mass is 317 g/mol. The Balaban J connectivity index is 1.86. The van der Waals surface area contributed by atoms with Crippen LogP contribution in [0.25, 0.3) is 0 Å². The molecule has 5 heteroatoms. The van der Waals surface area contributed by atoms with Crippen LogP contribution in [0, 0.1) is 5.92 Å². The van der Waals surface area contributed by atoms with Crippen molar-refractivity contribution in [2.24, 2.45) is 5.92 Å². The van der Waals surface area contributed by atoms with Crippen molar-refractivity contribution in [3.05, 3.63) is 35.4 Å². The van der Waals surface area contributed by atoms with E-state index in [2.05, 4.69) is 10.6 Å². The van der Waals surface area contributed by atoms with Gasteiger partial charge in [0.15, 0.2) is 0 Å². The van der Waals surface area contributed by atoms with E-state index in [4.69, 9.17) is 0 Å². The molecule has 0 bridgehead atoms. The van der Waals surface area contributed by atoms with Gasteiger partial charge >= 0.3 is 0 Å². The van der Waals surface area contributed by atoms with Gasteiger partial charge in [0.1, 0.15) is 0 Å². The molecule has 1 aromatic rings. The van der Waals surface area contributed by atoms with E-state index in [0.29, 0.717) is 13.1 Å². The van der Waals surface area contributed by atoms with Gasteiger partial charge in [0.05, 0.1) is 0 Å². The number of likely N-dealkylation sites (tertiary alicyclic amines) is 1. The number of piperidine rings is 1. The molecule has 0 aromatic heterocycles. The number of amides is 2. The predicted molar refractivity (Wildman–Crippen MR) is 91.1 cm³/mol. The molecule has 1 aliphatic heterocycles. The molecule has 2 rings (SSSR count). The van der Waals surface area contributed by atoms with E-state index in [-0.39, 0.29) is 17.7 Å². The maximum absolute atomic E-state index is 12.4. The second-order valence-corrected chi connectivity index (χ2v) is 6.23. The molecule has 0 aliphatic carbocycles. The van der Waals surface area contributed by atoms with Crippen LogP contribution in [0.15, 0.2) is 24.3 Å². The SMILES string of the molecule is CNCC(C)C(=O)NCc1ccc(C(=O)N2CCCCC2)cc1. The summed E-state index contributed by atoms with van der Waals surface area (Å²) >= 11 is 0. The van der Waals surface area contributed by atoms with Crippen LogP contribution in [-0.2, 0) is 11.3 Å². The zero-order valence-electron chi connectivity index (χ0n) is 14.1. The average molecular weight is 317 g/mol. The fourth-order valence-corrected chi connectivity index (χ4v) is 2.81. The molecular weight excluding hydrogens is 290 g/mol. The van der Waals surface area contributed by atoms with Crippen LogP contribution < -0.4 is 10.6 Å². The highest BCUT2D eigenvalue weighted by Gasteiger charge is 2.18. The highest BCUT2D eigenvalue weighted by atomic mass is 16.2. The number of rotatable bonds is 6. The third kappa shape index (κ3) is 5.06. The summed E-state index contributed by atoms with van der Waals surface area (Å²) in [5.41, 5.74) is 1.73. The average Bonchev–Trinajstić information content (AvgIpc) is 2.60. The van der Waals surface area contributed by atoms with E-state index in [9.17, 15) is 9.59 Å². The van der Waals surface area contributed by atoms with Crippen molar-refractivity contribution in [1.82, 2.24) is 15.5 Å². The van der Waals surface area contributed by atoms with Gasteiger partial charge in [-0.15, -0.1) is 0 Å². The largest absolute Gasteiger partial charge is 0.352 e. The van der Waals surface area contributed by atoms with Gasteiger partial charge in [0.25, 0.3) is 5.91 Å². The van der Waals surface area contributed by atoms with Crippen LogP contribution in [0.5, 0.6) is 0 Å². The Bertz CT molecular complexity index is 522. The van der Waals surface area contributed by atoms with Gasteiger partial charge in [-0.1, -0.05) is 19.1 Å². The van der Waals surface area contributed by atoms with Crippen molar-refractivity contribution in [2.45, 2.75) is 32.7 Å². The molecule has 1 saturated heterocycles. The second-order valence-electron chi connectivity index (χ2n) is 6.23. The van der Waals surface area contributed by atoms with Gasteiger partial charge in [-0.25, -0.2) is 0 Å². The first-order valence-corrected chi connectivity index (χ1v) is 8.42. The van der Waals surface area contributed by atoms with E-state index in [0.717, 1.165) is 37.1 Å². The normalized spacial score (nSPS) is 16.0.